The maximum absolute atomic E-state index is 12.8. The molecule has 2 aromatic rings. The van der Waals surface area contributed by atoms with E-state index in [9.17, 15) is 14.7 Å². The van der Waals surface area contributed by atoms with E-state index < -0.39 is 12.0 Å². The quantitative estimate of drug-likeness (QED) is 0.917. The minimum Gasteiger partial charge on any atom is -0.480 e. The van der Waals surface area contributed by atoms with Crippen LogP contribution in [0.15, 0.2) is 34.9 Å². The van der Waals surface area contributed by atoms with Gasteiger partial charge in [0.2, 0.25) is 0 Å². The summed E-state index contributed by atoms with van der Waals surface area (Å²) >= 11 is 0. The topological polar surface area (TPSA) is 83.6 Å². The van der Waals surface area contributed by atoms with Crippen LogP contribution in [-0.4, -0.2) is 39.0 Å². The Balaban J connectivity index is 1.91. The Bertz CT molecular complexity index is 735. The van der Waals surface area contributed by atoms with E-state index in [1.807, 2.05) is 0 Å². The monoisotopic (exact) mass is 314 g/mol. The van der Waals surface area contributed by atoms with Gasteiger partial charge in [-0.3, -0.25) is 4.79 Å². The predicted octanol–water partition coefficient (Wildman–Crippen LogP) is 2.73. The lowest BCUT2D eigenvalue weighted by Crippen LogP contribution is -2.45. The van der Waals surface area contributed by atoms with E-state index in [4.69, 9.17) is 4.42 Å². The number of aliphatic carboxylic acids is 1. The Morgan fingerprint density at radius 3 is 2.61 bits per heavy atom. The van der Waals surface area contributed by atoms with E-state index in [0.29, 0.717) is 22.7 Å². The molecule has 1 aliphatic rings. The SMILES string of the molecule is Cc1nc(-c2ccco2)ccc1C(=O)N(C1CC1)C(C)C(=O)O. The van der Waals surface area contributed by atoms with E-state index in [0.717, 1.165) is 12.8 Å². The van der Waals surface area contributed by atoms with Crippen LogP contribution in [-0.2, 0) is 4.79 Å². The molecule has 1 N–H and O–H groups in total. The number of hydrogen-bond acceptors (Lipinski definition) is 4. The third-order valence-electron chi connectivity index (χ3n) is 4.04. The molecule has 1 saturated carbocycles. The van der Waals surface area contributed by atoms with Crippen molar-refractivity contribution >= 4 is 11.9 Å². The number of amides is 1. The Hall–Kier alpha value is -2.63. The molecule has 0 spiro atoms. The van der Waals surface area contributed by atoms with Crippen molar-refractivity contribution in [3.05, 3.63) is 41.8 Å². The largest absolute Gasteiger partial charge is 0.480 e. The van der Waals surface area contributed by atoms with Gasteiger partial charge in [-0.2, -0.15) is 0 Å². The molecule has 0 radical (unpaired) electrons. The van der Waals surface area contributed by atoms with Crippen LogP contribution in [0.5, 0.6) is 0 Å². The van der Waals surface area contributed by atoms with Gasteiger partial charge in [0, 0.05) is 6.04 Å². The Morgan fingerprint density at radius 2 is 2.09 bits per heavy atom. The molecule has 6 nitrogen and oxygen atoms in total. The Labute approximate surface area is 133 Å². The van der Waals surface area contributed by atoms with Crippen LogP contribution in [0.4, 0.5) is 0 Å². The fourth-order valence-electron chi connectivity index (χ4n) is 2.62. The number of nitrogens with zero attached hydrogens (tertiary/aromatic N) is 2. The van der Waals surface area contributed by atoms with Gasteiger partial charge < -0.3 is 14.4 Å². The standard InChI is InChI=1S/C17H18N2O4/c1-10-13(7-8-14(18-10)15-4-3-9-23-15)16(20)19(12-5-6-12)11(2)17(21)22/h3-4,7-9,11-12H,5-6H2,1-2H3,(H,21,22). The number of pyridine rings is 1. The van der Waals surface area contributed by atoms with E-state index in [1.165, 1.54) is 4.90 Å². The van der Waals surface area contributed by atoms with Gasteiger partial charge in [-0.15, -0.1) is 0 Å². The zero-order valence-electron chi connectivity index (χ0n) is 13.0. The van der Waals surface area contributed by atoms with Gasteiger partial charge in [-0.25, -0.2) is 9.78 Å². The van der Waals surface area contributed by atoms with E-state index in [2.05, 4.69) is 4.98 Å². The lowest BCUT2D eigenvalue weighted by molar-refractivity contribution is -0.141. The number of hydrogen-bond donors (Lipinski definition) is 1. The fraction of sp³-hybridized carbons (Fsp3) is 0.353. The van der Waals surface area contributed by atoms with Gasteiger partial charge in [0.05, 0.1) is 17.5 Å². The molecule has 2 heterocycles. The Kier molecular flexibility index (Phi) is 3.90. The van der Waals surface area contributed by atoms with E-state index in [1.54, 1.807) is 44.4 Å². The summed E-state index contributed by atoms with van der Waals surface area (Å²) < 4.78 is 5.30. The first-order valence-electron chi connectivity index (χ1n) is 7.56. The summed E-state index contributed by atoms with van der Waals surface area (Å²) in [6, 6.07) is 6.14. The molecule has 1 amide bonds. The van der Waals surface area contributed by atoms with Crippen LogP contribution >= 0.6 is 0 Å². The number of carboxylic acids is 1. The molecule has 3 rings (SSSR count). The second-order valence-corrected chi connectivity index (χ2v) is 5.76. The number of aromatic nitrogens is 1. The first kappa shape index (κ1) is 15.3. The Morgan fingerprint density at radius 1 is 1.35 bits per heavy atom. The van der Waals surface area contributed by atoms with Gasteiger partial charge in [-0.1, -0.05) is 0 Å². The number of rotatable bonds is 5. The van der Waals surface area contributed by atoms with Crippen LogP contribution in [0.3, 0.4) is 0 Å². The summed E-state index contributed by atoms with van der Waals surface area (Å²) in [5, 5.41) is 9.24. The van der Waals surface area contributed by atoms with E-state index in [-0.39, 0.29) is 11.9 Å². The van der Waals surface area contributed by atoms with Crippen molar-refractivity contribution in [3.8, 4) is 11.5 Å². The minimum absolute atomic E-state index is 0.0118. The number of carboxylic acid groups (broad SMARTS) is 1. The highest BCUT2D eigenvalue weighted by Gasteiger charge is 2.39. The van der Waals surface area contributed by atoms with Gasteiger partial charge in [0.25, 0.3) is 5.91 Å². The van der Waals surface area contributed by atoms with Crippen molar-refractivity contribution < 1.29 is 19.1 Å². The summed E-state index contributed by atoms with van der Waals surface area (Å²) in [5.74, 6) is -0.647. The van der Waals surface area contributed by atoms with Gasteiger partial charge in [-0.05, 0) is 51.0 Å². The van der Waals surface area contributed by atoms with Gasteiger partial charge >= 0.3 is 5.97 Å². The molecule has 1 atom stereocenters. The maximum Gasteiger partial charge on any atom is 0.326 e. The molecule has 0 saturated heterocycles. The molecule has 6 heteroatoms. The van der Waals surface area contributed by atoms with Crippen LogP contribution in [0, 0.1) is 6.92 Å². The summed E-state index contributed by atoms with van der Waals surface area (Å²) in [6.45, 7) is 3.29. The highest BCUT2D eigenvalue weighted by molar-refractivity contribution is 5.98. The summed E-state index contributed by atoms with van der Waals surface area (Å²) in [4.78, 5) is 29.9. The van der Waals surface area contributed by atoms with Crippen molar-refractivity contribution in [2.75, 3.05) is 0 Å². The third-order valence-corrected chi connectivity index (χ3v) is 4.04. The number of aryl methyl sites for hydroxylation is 1. The molecule has 0 aliphatic heterocycles. The molecular formula is C17H18N2O4. The second kappa shape index (κ2) is 5.87. The summed E-state index contributed by atoms with van der Waals surface area (Å²) in [6.07, 6.45) is 3.26. The van der Waals surface area contributed by atoms with Crippen molar-refractivity contribution in [2.24, 2.45) is 0 Å². The zero-order chi connectivity index (χ0) is 16.6. The number of furan rings is 1. The molecule has 2 aromatic heterocycles. The molecule has 23 heavy (non-hydrogen) atoms. The maximum atomic E-state index is 12.8. The molecule has 1 aliphatic carbocycles. The smallest absolute Gasteiger partial charge is 0.326 e. The summed E-state index contributed by atoms with van der Waals surface area (Å²) in [7, 11) is 0. The normalized spacial score (nSPS) is 15.2. The highest BCUT2D eigenvalue weighted by Crippen LogP contribution is 2.31. The van der Waals surface area contributed by atoms with E-state index >= 15 is 0 Å². The van der Waals surface area contributed by atoms with Crippen molar-refractivity contribution in [2.45, 2.75) is 38.8 Å². The van der Waals surface area contributed by atoms with Crippen LogP contribution < -0.4 is 0 Å². The average Bonchev–Trinajstić information content (AvgIpc) is 3.19. The van der Waals surface area contributed by atoms with Crippen LogP contribution in [0.25, 0.3) is 11.5 Å². The zero-order valence-corrected chi connectivity index (χ0v) is 13.0. The molecule has 120 valence electrons. The van der Waals surface area contributed by atoms with Crippen molar-refractivity contribution in [1.82, 2.24) is 9.88 Å². The second-order valence-electron chi connectivity index (χ2n) is 5.76. The number of carbonyl (C=O) groups is 2. The third kappa shape index (κ3) is 2.97. The number of carbonyl (C=O) groups excluding carboxylic acids is 1. The highest BCUT2D eigenvalue weighted by atomic mass is 16.4. The summed E-state index contributed by atoms with van der Waals surface area (Å²) in [5.41, 5.74) is 1.64. The predicted molar refractivity (Wildman–Crippen MR) is 83.0 cm³/mol. The van der Waals surface area contributed by atoms with Gasteiger partial charge in [0.15, 0.2) is 5.76 Å². The first-order chi connectivity index (χ1) is 11.0. The average molecular weight is 314 g/mol. The van der Waals surface area contributed by atoms with Gasteiger partial charge in [0.1, 0.15) is 11.7 Å². The lowest BCUT2D eigenvalue weighted by atomic mass is 10.1. The lowest BCUT2D eigenvalue weighted by Gasteiger charge is -2.27. The minimum atomic E-state index is -0.997. The van der Waals surface area contributed by atoms with Crippen molar-refractivity contribution in [3.63, 3.8) is 0 Å². The van der Waals surface area contributed by atoms with Crippen molar-refractivity contribution in [1.29, 1.82) is 0 Å². The molecule has 1 fully saturated rings. The molecule has 0 bridgehead atoms. The first-order valence-corrected chi connectivity index (χ1v) is 7.56. The molecule has 1 unspecified atom stereocenters. The van der Waals surface area contributed by atoms with Crippen LogP contribution in [0.1, 0.15) is 35.8 Å². The molecular weight excluding hydrogens is 296 g/mol. The molecule has 0 aromatic carbocycles. The fourth-order valence-corrected chi connectivity index (χ4v) is 2.62. The van der Waals surface area contributed by atoms with Crippen LogP contribution in [0.2, 0.25) is 0 Å².